The van der Waals surface area contributed by atoms with Crippen LogP contribution < -0.4 is 10.6 Å². The molecule has 2 heterocycles. The predicted molar refractivity (Wildman–Crippen MR) is 146 cm³/mol. The second-order valence-corrected chi connectivity index (χ2v) is 10.4. The Morgan fingerprint density at radius 3 is 2.50 bits per heavy atom. The molecule has 2 N–H and O–H groups in total. The van der Waals surface area contributed by atoms with Crippen molar-refractivity contribution in [3.8, 4) is 11.3 Å². The Hall–Kier alpha value is -2.63. The number of amides is 2. The second kappa shape index (κ2) is 12.1. The molecular formula is C23H19Cl3N6O2S2. The van der Waals surface area contributed by atoms with Gasteiger partial charge in [-0.15, -0.1) is 21.5 Å². The largest absolute Gasteiger partial charge is 0.326 e. The van der Waals surface area contributed by atoms with E-state index >= 15 is 0 Å². The molecule has 36 heavy (non-hydrogen) atoms. The van der Waals surface area contributed by atoms with Crippen molar-refractivity contribution >= 4 is 80.5 Å². The fourth-order valence-corrected chi connectivity index (χ4v) is 5.15. The van der Waals surface area contributed by atoms with Crippen molar-refractivity contribution in [2.75, 3.05) is 16.4 Å². The average molecular weight is 582 g/mol. The summed E-state index contributed by atoms with van der Waals surface area (Å²) < 4.78 is 1.80. The molecule has 0 radical (unpaired) electrons. The number of hydrogen-bond acceptors (Lipinski definition) is 7. The summed E-state index contributed by atoms with van der Waals surface area (Å²) in [5.41, 5.74) is 2.20. The molecule has 0 unspecified atom stereocenters. The first-order chi connectivity index (χ1) is 17.3. The summed E-state index contributed by atoms with van der Waals surface area (Å²) in [5.74, 6) is 0.112. The van der Waals surface area contributed by atoms with Gasteiger partial charge < -0.3 is 15.2 Å². The summed E-state index contributed by atoms with van der Waals surface area (Å²) in [6.07, 6.45) is 0.0143. The van der Waals surface area contributed by atoms with Crippen LogP contribution in [-0.4, -0.2) is 37.3 Å². The van der Waals surface area contributed by atoms with Crippen molar-refractivity contribution in [3.63, 3.8) is 0 Å². The van der Waals surface area contributed by atoms with E-state index in [0.29, 0.717) is 43.4 Å². The number of halogens is 3. The number of benzene rings is 2. The first kappa shape index (κ1) is 26.4. The Balaban J connectivity index is 1.32. The van der Waals surface area contributed by atoms with Crippen LogP contribution >= 0.6 is 57.9 Å². The number of nitrogens with zero attached hydrogens (tertiary/aromatic N) is 4. The Bertz CT molecular complexity index is 1390. The Morgan fingerprint density at radius 1 is 1.00 bits per heavy atom. The third-order valence-electron chi connectivity index (χ3n) is 4.85. The molecule has 0 atom stereocenters. The van der Waals surface area contributed by atoms with E-state index in [0.717, 1.165) is 11.3 Å². The molecular weight excluding hydrogens is 563 g/mol. The van der Waals surface area contributed by atoms with E-state index in [4.69, 9.17) is 34.8 Å². The van der Waals surface area contributed by atoms with Gasteiger partial charge in [-0.05, 0) is 37.3 Å². The highest BCUT2D eigenvalue weighted by molar-refractivity contribution is 7.99. The quantitative estimate of drug-likeness (QED) is 0.225. The van der Waals surface area contributed by atoms with Crippen molar-refractivity contribution in [1.29, 1.82) is 0 Å². The topological polar surface area (TPSA) is 102 Å². The maximum Gasteiger partial charge on any atom is 0.236 e. The Morgan fingerprint density at radius 2 is 1.78 bits per heavy atom. The molecule has 13 heteroatoms. The van der Waals surface area contributed by atoms with Crippen molar-refractivity contribution in [3.05, 3.63) is 68.7 Å². The monoisotopic (exact) mass is 580 g/mol. The van der Waals surface area contributed by atoms with Crippen molar-refractivity contribution in [1.82, 2.24) is 19.7 Å². The van der Waals surface area contributed by atoms with Crippen LogP contribution in [0.1, 0.15) is 12.7 Å². The molecule has 0 aliphatic carbocycles. The highest BCUT2D eigenvalue weighted by Crippen LogP contribution is 2.27. The summed E-state index contributed by atoms with van der Waals surface area (Å²) in [7, 11) is 0. The zero-order chi connectivity index (χ0) is 25.7. The van der Waals surface area contributed by atoms with E-state index in [-0.39, 0.29) is 24.0 Å². The molecule has 2 amide bonds. The third-order valence-corrected chi connectivity index (χ3v) is 7.57. The predicted octanol–water partition coefficient (Wildman–Crippen LogP) is 6.29. The first-order valence-corrected chi connectivity index (χ1v) is 13.6. The molecule has 0 saturated carbocycles. The van der Waals surface area contributed by atoms with Gasteiger partial charge in [-0.3, -0.25) is 9.59 Å². The van der Waals surface area contributed by atoms with E-state index in [1.807, 2.05) is 24.4 Å². The lowest BCUT2D eigenvalue weighted by Crippen LogP contribution is -2.18. The molecule has 2 aromatic heterocycles. The summed E-state index contributed by atoms with van der Waals surface area (Å²) in [5, 5.41) is 18.2. The van der Waals surface area contributed by atoms with Gasteiger partial charge in [0.25, 0.3) is 0 Å². The molecule has 8 nitrogen and oxygen atoms in total. The Labute approximate surface area is 230 Å². The molecule has 0 bridgehead atoms. The van der Waals surface area contributed by atoms with E-state index in [9.17, 15) is 9.59 Å². The van der Waals surface area contributed by atoms with Crippen LogP contribution in [0.3, 0.4) is 0 Å². The van der Waals surface area contributed by atoms with Crippen molar-refractivity contribution in [2.45, 2.75) is 25.0 Å². The number of anilines is 2. The first-order valence-electron chi connectivity index (χ1n) is 10.6. The van der Waals surface area contributed by atoms with Gasteiger partial charge in [0, 0.05) is 28.2 Å². The highest BCUT2D eigenvalue weighted by atomic mass is 35.5. The lowest BCUT2D eigenvalue weighted by Gasteiger charge is -2.08. The van der Waals surface area contributed by atoms with Gasteiger partial charge in [0.15, 0.2) is 10.3 Å². The smallest absolute Gasteiger partial charge is 0.236 e. The zero-order valence-corrected chi connectivity index (χ0v) is 22.7. The number of carbonyl (C=O) groups excluding carboxylic acids is 2. The number of nitrogens with one attached hydrogen (secondary N) is 2. The average Bonchev–Trinajstić information content (AvgIpc) is 3.47. The van der Waals surface area contributed by atoms with Gasteiger partial charge in [-0.25, -0.2) is 4.98 Å². The summed E-state index contributed by atoms with van der Waals surface area (Å²) >= 11 is 20.4. The molecule has 4 aromatic rings. The van der Waals surface area contributed by atoms with Crippen molar-refractivity contribution in [2.24, 2.45) is 0 Å². The van der Waals surface area contributed by atoms with Crippen LogP contribution in [0.25, 0.3) is 11.3 Å². The molecule has 186 valence electrons. The minimum absolute atomic E-state index is 0.0143. The molecule has 0 aliphatic rings. The third kappa shape index (κ3) is 6.77. The van der Waals surface area contributed by atoms with Crippen molar-refractivity contribution < 1.29 is 9.59 Å². The maximum absolute atomic E-state index is 12.5. The number of thiazole rings is 1. The SMILES string of the molecule is CCn1c(CC(=O)Nc2ccc(Cl)c(Cl)c2)nnc1SCC(=O)Nc1nc(-c2ccc(Cl)cc2)cs1. The fourth-order valence-electron chi connectivity index (χ4n) is 3.17. The van der Waals surface area contributed by atoms with Gasteiger partial charge in [-0.2, -0.15) is 0 Å². The van der Waals surface area contributed by atoms with Gasteiger partial charge in [0.1, 0.15) is 5.82 Å². The Kier molecular flexibility index (Phi) is 8.86. The zero-order valence-electron chi connectivity index (χ0n) is 18.8. The highest BCUT2D eigenvalue weighted by Gasteiger charge is 2.17. The molecule has 2 aromatic carbocycles. The summed E-state index contributed by atoms with van der Waals surface area (Å²) in [4.78, 5) is 29.4. The van der Waals surface area contributed by atoms with Gasteiger partial charge >= 0.3 is 0 Å². The normalized spacial score (nSPS) is 10.9. The van der Waals surface area contributed by atoms with Crippen LogP contribution in [-0.2, 0) is 22.6 Å². The standard InChI is InChI=1S/C23H19Cl3N6O2S2/c1-2-32-19(10-20(33)27-15-7-8-16(25)17(26)9-15)30-31-23(32)36-12-21(34)29-22-28-18(11-35-22)13-3-5-14(24)6-4-13/h3-9,11H,2,10,12H2,1H3,(H,27,33)(H,28,29,34). The number of thioether (sulfide) groups is 1. The number of rotatable bonds is 9. The minimum atomic E-state index is -0.273. The van der Waals surface area contributed by atoms with Gasteiger partial charge in [0.05, 0.1) is 27.9 Å². The van der Waals surface area contributed by atoms with E-state index in [1.165, 1.54) is 23.1 Å². The molecule has 0 fully saturated rings. The summed E-state index contributed by atoms with van der Waals surface area (Å²) in [6, 6.07) is 12.2. The number of hydrogen-bond donors (Lipinski definition) is 2. The van der Waals surface area contributed by atoms with Crippen LogP contribution in [0, 0.1) is 0 Å². The fraction of sp³-hybridized carbons (Fsp3) is 0.174. The summed E-state index contributed by atoms with van der Waals surface area (Å²) in [6.45, 7) is 2.46. The number of carbonyl (C=O) groups is 2. The molecule has 0 saturated heterocycles. The molecule has 4 rings (SSSR count). The number of aromatic nitrogens is 4. The van der Waals surface area contributed by atoms with Crippen LogP contribution in [0.4, 0.5) is 10.8 Å². The van der Waals surface area contributed by atoms with E-state index in [1.54, 1.807) is 34.9 Å². The van der Waals surface area contributed by atoms with Gasteiger partial charge in [-0.1, -0.05) is 58.7 Å². The lowest BCUT2D eigenvalue weighted by molar-refractivity contribution is -0.116. The van der Waals surface area contributed by atoms with E-state index < -0.39 is 0 Å². The van der Waals surface area contributed by atoms with E-state index in [2.05, 4.69) is 25.8 Å². The molecule has 0 spiro atoms. The van der Waals surface area contributed by atoms with Crippen LogP contribution in [0.5, 0.6) is 0 Å². The second-order valence-electron chi connectivity index (χ2n) is 7.38. The van der Waals surface area contributed by atoms with Gasteiger partial charge in [0.2, 0.25) is 11.8 Å². The molecule has 0 aliphatic heterocycles. The van der Waals surface area contributed by atoms with Crippen LogP contribution in [0.2, 0.25) is 15.1 Å². The van der Waals surface area contributed by atoms with Crippen LogP contribution in [0.15, 0.2) is 53.0 Å². The lowest BCUT2D eigenvalue weighted by atomic mass is 10.2. The maximum atomic E-state index is 12.5. The minimum Gasteiger partial charge on any atom is -0.326 e.